The Morgan fingerprint density at radius 2 is 2.00 bits per heavy atom. The second-order valence-electron chi connectivity index (χ2n) is 5.34. The van der Waals surface area contributed by atoms with Crippen LogP contribution in [0.3, 0.4) is 0 Å². The van der Waals surface area contributed by atoms with Crippen molar-refractivity contribution in [3.63, 3.8) is 0 Å². The number of rotatable bonds is 9. The van der Waals surface area contributed by atoms with E-state index in [1.807, 2.05) is 24.3 Å². The van der Waals surface area contributed by atoms with E-state index in [9.17, 15) is 4.79 Å². The zero-order valence-electron chi connectivity index (χ0n) is 13.7. The van der Waals surface area contributed by atoms with Gasteiger partial charge in [0.1, 0.15) is 5.82 Å². The smallest absolute Gasteiger partial charge is 0.251 e. The van der Waals surface area contributed by atoms with E-state index in [0.29, 0.717) is 24.5 Å². The molecule has 2 aromatic rings. The quantitative estimate of drug-likeness (QED) is 0.684. The van der Waals surface area contributed by atoms with Crippen LogP contribution in [-0.2, 0) is 11.2 Å². The molecule has 0 unspecified atom stereocenters. The van der Waals surface area contributed by atoms with E-state index in [-0.39, 0.29) is 5.91 Å². The lowest BCUT2D eigenvalue weighted by Gasteiger charge is -2.08. The van der Waals surface area contributed by atoms with Crippen LogP contribution in [-0.4, -0.2) is 37.7 Å². The lowest BCUT2D eigenvalue weighted by atomic mass is 10.1. The van der Waals surface area contributed by atoms with Crippen LogP contribution >= 0.6 is 11.6 Å². The van der Waals surface area contributed by atoms with E-state index in [2.05, 4.69) is 15.6 Å². The topological polar surface area (TPSA) is 63.2 Å². The predicted molar refractivity (Wildman–Crippen MR) is 96.7 cm³/mol. The fourth-order valence-electron chi connectivity index (χ4n) is 2.17. The summed E-state index contributed by atoms with van der Waals surface area (Å²) in [4.78, 5) is 16.3. The van der Waals surface area contributed by atoms with Gasteiger partial charge in [0, 0.05) is 43.6 Å². The molecule has 0 fully saturated rings. The third-order valence-electron chi connectivity index (χ3n) is 3.47. The Morgan fingerprint density at radius 3 is 2.75 bits per heavy atom. The number of ether oxygens (including phenoxy) is 1. The first-order valence-corrected chi connectivity index (χ1v) is 8.28. The molecule has 0 atom stereocenters. The summed E-state index contributed by atoms with van der Waals surface area (Å²) < 4.78 is 4.96. The molecule has 128 valence electrons. The number of nitrogens with zero attached hydrogens (tertiary/aromatic N) is 1. The zero-order chi connectivity index (χ0) is 17.2. The average Bonchev–Trinajstić information content (AvgIpc) is 2.60. The standard InChI is InChI=1S/C18H22ClN3O2/c1-24-12-2-9-22-18(23)15-8-11-21-17(13-15)20-10-7-14-3-5-16(19)6-4-14/h3-6,8,11,13H,2,7,9-10,12H2,1H3,(H,20,21)(H,22,23). The van der Waals surface area contributed by atoms with Crippen LogP contribution in [0.15, 0.2) is 42.6 Å². The van der Waals surface area contributed by atoms with Crippen LogP contribution in [0.25, 0.3) is 0 Å². The molecule has 24 heavy (non-hydrogen) atoms. The Morgan fingerprint density at radius 1 is 1.21 bits per heavy atom. The molecule has 0 aliphatic carbocycles. The number of nitrogens with one attached hydrogen (secondary N) is 2. The number of aromatic nitrogens is 1. The van der Waals surface area contributed by atoms with E-state index in [1.165, 1.54) is 5.56 Å². The second kappa shape index (κ2) is 9.90. The first-order chi connectivity index (χ1) is 11.7. The van der Waals surface area contributed by atoms with Crippen molar-refractivity contribution in [1.82, 2.24) is 10.3 Å². The summed E-state index contributed by atoms with van der Waals surface area (Å²) in [6.45, 7) is 1.95. The van der Waals surface area contributed by atoms with E-state index in [1.54, 1.807) is 25.4 Å². The van der Waals surface area contributed by atoms with Gasteiger partial charge in [-0.2, -0.15) is 0 Å². The molecule has 0 aliphatic rings. The Hall–Kier alpha value is -2.11. The molecule has 2 rings (SSSR count). The van der Waals surface area contributed by atoms with Crippen molar-refractivity contribution >= 4 is 23.3 Å². The minimum Gasteiger partial charge on any atom is -0.385 e. The number of carbonyl (C=O) groups excluding carboxylic acids is 1. The molecular formula is C18H22ClN3O2. The number of halogens is 1. The van der Waals surface area contributed by atoms with Crippen molar-refractivity contribution in [1.29, 1.82) is 0 Å². The van der Waals surface area contributed by atoms with Crippen molar-refractivity contribution in [2.45, 2.75) is 12.8 Å². The SMILES string of the molecule is COCCCNC(=O)c1ccnc(NCCc2ccc(Cl)cc2)c1. The number of carbonyl (C=O) groups is 1. The number of benzene rings is 1. The minimum atomic E-state index is -0.103. The molecule has 0 saturated heterocycles. The number of pyridine rings is 1. The van der Waals surface area contributed by atoms with Gasteiger partial charge in [-0.1, -0.05) is 23.7 Å². The molecule has 0 aliphatic heterocycles. The van der Waals surface area contributed by atoms with Crippen molar-refractivity contribution in [3.8, 4) is 0 Å². The highest BCUT2D eigenvalue weighted by molar-refractivity contribution is 6.30. The molecule has 0 spiro atoms. The summed E-state index contributed by atoms with van der Waals surface area (Å²) in [6.07, 6.45) is 3.28. The normalized spacial score (nSPS) is 10.4. The van der Waals surface area contributed by atoms with Gasteiger partial charge < -0.3 is 15.4 Å². The summed E-state index contributed by atoms with van der Waals surface area (Å²) in [5, 5.41) is 6.83. The van der Waals surface area contributed by atoms with E-state index in [0.717, 1.165) is 24.4 Å². The molecule has 0 bridgehead atoms. The summed E-state index contributed by atoms with van der Waals surface area (Å²) in [7, 11) is 1.65. The number of anilines is 1. The largest absolute Gasteiger partial charge is 0.385 e. The van der Waals surface area contributed by atoms with Crippen LogP contribution in [0, 0.1) is 0 Å². The van der Waals surface area contributed by atoms with Gasteiger partial charge in [0.05, 0.1) is 0 Å². The maximum atomic E-state index is 12.1. The summed E-state index contributed by atoms with van der Waals surface area (Å²) in [5.74, 6) is 0.586. The van der Waals surface area contributed by atoms with Crippen LogP contribution in [0.2, 0.25) is 5.02 Å². The van der Waals surface area contributed by atoms with Crippen LogP contribution in [0.1, 0.15) is 22.3 Å². The molecule has 5 nitrogen and oxygen atoms in total. The predicted octanol–water partition coefficient (Wildman–Crippen LogP) is 3.16. The number of methoxy groups -OCH3 is 1. The monoisotopic (exact) mass is 347 g/mol. The van der Waals surface area contributed by atoms with Crippen LogP contribution < -0.4 is 10.6 Å². The summed E-state index contributed by atoms with van der Waals surface area (Å²) in [6, 6.07) is 11.2. The first-order valence-electron chi connectivity index (χ1n) is 7.90. The molecular weight excluding hydrogens is 326 g/mol. The first kappa shape index (κ1) is 18.2. The molecule has 0 saturated carbocycles. The Kier molecular flexibility index (Phi) is 7.52. The van der Waals surface area contributed by atoms with E-state index < -0.39 is 0 Å². The highest BCUT2D eigenvalue weighted by Gasteiger charge is 2.06. The Bertz CT molecular complexity index is 647. The van der Waals surface area contributed by atoms with Gasteiger partial charge in [-0.3, -0.25) is 4.79 Å². The van der Waals surface area contributed by atoms with Crippen molar-refractivity contribution in [2.75, 3.05) is 32.1 Å². The van der Waals surface area contributed by atoms with Gasteiger partial charge in [-0.05, 0) is 42.7 Å². The molecule has 6 heteroatoms. The fraction of sp³-hybridized carbons (Fsp3) is 0.333. The Balaban J connectivity index is 1.81. The Labute approximate surface area is 147 Å². The van der Waals surface area contributed by atoms with Gasteiger partial charge in [0.25, 0.3) is 5.91 Å². The third kappa shape index (κ3) is 6.18. The van der Waals surface area contributed by atoms with Crippen molar-refractivity contribution < 1.29 is 9.53 Å². The highest BCUT2D eigenvalue weighted by atomic mass is 35.5. The van der Waals surface area contributed by atoms with Crippen LogP contribution in [0.5, 0.6) is 0 Å². The van der Waals surface area contributed by atoms with Crippen LogP contribution in [0.4, 0.5) is 5.82 Å². The highest BCUT2D eigenvalue weighted by Crippen LogP contribution is 2.11. The van der Waals surface area contributed by atoms with Crippen molar-refractivity contribution in [2.24, 2.45) is 0 Å². The number of hydrogen-bond acceptors (Lipinski definition) is 4. The molecule has 1 amide bonds. The lowest BCUT2D eigenvalue weighted by Crippen LogP contribution is -2.25. The van der Waals surface area contributed by atoms with Gasteiger partial charge >= 0.3 is 0 Å². The van der Waals surface area contributed by atoms with Gasteiger partial charge in [-0.15, -0.1) is 0 Å². The maximum absolute atomic E-state index is 12.1. The summed E-state index contributed by atoms with van der Waals surface area (Å²) >= 11 is 5.87. The average molecular weight is 348 g/mol. The van der Waals surface area contributed by atoms with Gasteiger partial charge in [0.15, 0.2) is 0 Å². The van der Waals surface area contributed by atoms with Gasteiger partial charge in [-0.25, -0.2) is 4.98 Å². The van der Waals surface area contributed by atoms with Crippen molar-refractivity contribution in [3.05, 3.63) is 58.7 Å². The van der Waals surface area contributed by atoms with Gasteiger partial charge in [0.2, 0.25) is 0 Å². The molecule has 1 heterocycles. The maximum Gasteiger partial charge on any atom is 0.251 e. The summed E-state index contributed by atoms with van der Waals surface area (Å²) in [5.41, 5.74) is 1.79. The molecule has 1 aromatic heterocycles. The molecule has 2 N–H and O–H groups in total. The second-order valence-corrected chi connectivity index (χ2v) is 5.77. The van der Waals surface area contributed by atoms with E-state index >= 15 is 0 Å². The minimum absolute atomic E-state index is 0.103. The third-order valence-corrected chi connectivity index (χ3v) is 3.72. The number of hydrogen-bond donors (Lipinski definition) is 2. The lowest BCUT2D eigenvalue weighted by molar-refractivity contribution is 0.0948. The number of amides is 1. The molecule has 1 aromatic carbocycles. The molecule has 0 radical (unpaired) electrons. The zero-order valence-corrected chi connectivity index (χ0v) is 14.5. The van der Waals surface area contributed by atoms with E-state index in [4.69, 9.17) is 16.3 Å². The fourth-order valence-corrected chi connectivity index (χ4v) is 2.30.